The topological polar surface area (TPSA) is 75.9 Å². The highest BCUT2D eigenvalue weighted by Gasteiger charge is 2.19. The van der Waals surface area contributed by atoms with Crippen LogP contribution in [0.2, 0.25) is 0 Å². The molecule has 1 fully saturated rings. The molecule has 0 aromatic heterocycles. The predicted molar refractivity (Wildman–Crippen MR) is 93.6 cm³/mol. The first-order valence-electron chi connectivity index (χ1n) is 8.34. The van der Waals surface area contributed by atoms with Gasteiger partial charge in [-0.15, -0.1) is 0 Å². The number of benzene rings is 1. The Morgan fingerprint density at radius 2 is 1.79 bits per heavy atom. The number of primary amides is 1. The highest BCUT2D eigenvalue weighted by Crippen LogP contribution is 2.14. The molecule has 0 bridgehead atoms. The molecule has 0 unspecified atom stereocenters. The van der Waals surface area contributed by atoms with Crippen LogP contribution >= 0.6 is 0 Å². The molecule has 1 aliphatic rings. The minimum absolute atomic E-state index is 0.0485. The summed E-state index contributed by atoms with van der Waals surface area (Å²) in [6.45, 7) is 4.99. The van der Waals surface area contributed by atoms with E-state index >= 15 is 0 Å². The lowest BCUT2D eigenvalue weighted by Crippen LogP contribution is -2.39. The van der Waals surface area contributed by atoms with Gasteiger partial charge in [0.2, 0.25) is 5.91 Å². The Morgan fingerprint density at radius 3 is 2.46 bits per heavy atom. The number of ether oxygens (including phenoxy) is 1. The van der Waals surface area contributed by atoms with E-state index in [0.29, 0.717) is 32.8 Å². The van der Waals surface area contributed by atoms with E-state index in [1.165, 1.54) is 0 Å². The van der Waals surface area contributed by atoms with Crippen molar-refractivity contribution >= 4 is 18.0 Å². The second-order valence-electron chi connectivity index (χ2n) is 5.75. The zero-order valence-corrected chi connectivity index (χ0v) is 14.1. The van der Waals surface area contributed by atoms with Gasteiger partial charge in [0.15, 0.2) is 0 Å². The Labute approximate surface area is 142 Å². The van der Waals surface area contributed by atoms with Crippen molar-refractivity contribution < 1.29 is 14.3 Å². The Balaban J connectivity index is 1.89. The summed E-state index contributed by atoms with van der Waals surface area (Å²) in [5, 5.41) is 0. The van der Waals surface area contributed by atoms with Gasteiger partial charge in [-0.3, -0.25) is 4.79 Å². The average Bonchev–Trinajstić information content (AvgIpc) is 2.85. The molecule has 24 heavy (non-hydrogen) atoms. The van der Waals surface area contributed by atoms with E-state index in [2.05, 4.69) is 6.92 Å². The van der Waals surface area contributed by atoms with Crippen molar-refractivity contribution in [1.82, 2.24) is 9.80 Å². The fraction of sp³-hybridized carbons (Fsp3) is 0.444. The molecule has 2 rings (SSSR count). The normalized spacial score (nSPS) is 15.4. The van der Waals surface area contributed by atoms with E-state index in [9.17, 15) is 9.59 Å². The Morgan fingerprint density at radius 1 is 1.12 bits per heavy atom. The number of amides is 3. The van der Waals surface area contributed by atoms with Crippen LogP contribution in [-0.2, 0) is 4.79 Å². The smallest absolute Gasteiger partial charge is 0.314 e. The second kappa shape index (κ2) is 8.96. The van der Waals surface area contributed by atoms with Crippen molar-refractivity contribution in [2.24, 2.45) is 5.73 Å². The predicted octanol–water partition coefficient (Wildman–Crippen LogP) is 2.10. The summed E-state index contributed by atoms with van der Waals surface area (Å²) in [6, 6.07) is 7.22. The lowest BCUT2D eigenvalue weighted by molar-refractivity contribution is -0.125. The van der Waals surface area contributed by atoms with Crippen LogP contribution in [0.15, 0.2) is 30.3 Å². The fourth-order valence-electron chi connectivity index (χ4n) is 2.53. The van der Waals surface area contributed by atoms with Gasteiger partial charge >= 0.3 is 6.03 Å². The summed E-state index contributed by atoms with van der Waals surface area (Å²) < 4.78 is 5.53. The molecule has 1 aromatic rings. The fourth-order valence-corrected chi connectivity index (χ4v) is 2.53. The van der Waals surface area contributed by atoms with E-state index in [4.69, 9.17) is 10.5 Å². The monoisotopic (exact) mass is 331 g/mol. The van der Waals surface area contributed by atoms with E-state index in [-0.39, 0.29) is 5.91 Å². The molecule has 1 aliphatic heterocycles. The molecule has 0 saturated carbocycles. The minimum Gasteiger partial charge on any atom is -0.494 e. The largest absolute Gasteiger partial charge is 0.494 e. The van der Waals surface area contributed by atoms with Crippen molar-refractivity contribution in [3.05, 3.63) is 35.9 Å². The van der Waals surface area contributed by atoms with Crippen molar-refractivity contribution in [2.75, 3.05) is 32.8 Å². The Hall–Kier alpha value is -2.50. The summed E-state index contributed by atoms with van der Waals surface area (Å²) in [4.78, 5) is 26.8. The second-order valence-corrected chi connectivity index (χ2v) is 5.75. The molecule has 130 valence electrons. The van der Waals surface area contributed by atoms with Crippen molar-refractivity contribution in [1.29, 1.82) is 0 Å². The molecular formula is C18H25N3O3. The lowest BCUT2D eigenvalue weighted by atomic mass is 10.2. The third kappa shape index (κ3) is 5.30. The third-order valence-corrected chi connectivity index (χ3v) is 3.89. The van der Waals surface area contributed by atoms with Crippen LogP contribution in [0.4, 0.5) is 4.79 Å². The number of hydrogen-bond donors (Lipinski definition) is 1. The van der Waals surface area contributed by atoms with Crippen LogP contribution in [-0.4, -0.2) is 54.5 Å². The number of nitrogens with zero attached hydrogens (tertiary/aromatic N) is 2. The number of rotatable bonds is 5. The quantitative estimate of drug-likeness (QED) is 0.840. The van der Waals surface area contributed by atoms with Gasteiger partial charge in [-0.2, -0.15) is 0 Å². The summed E-state index contributed by atoms with van der Waals surface area (Å²) >= 11 is 0. The number of nitrogens with two attached hydrogens (primary N) is 1. The van der Waals surface area contributed by atoms with Crippen molar-refractivity contribution in [3.63, 3.8) is 0 Å². The van der Waals surface area contributed by atoms with Gasteiger partial charge in [-0.05, 0) is 36.6 Å². The maximum Gasteiger partial charge on any atom is 0.314 e. The lowest BCUT2D eigenvalue weighted by Gasteiger charge is -2.19. The molecule has 1 saturated heterocycles. The SMILES string of the molecule is CCCOc1ccc(C=CC(=O)N2CCCN(C(N)=O)CC2)cc1. The van der Waals surface area contributed by atoms with Gasteiger partial charge in [0.05, 0.1) is 6.61 Å². The van der Waals surface area contributed by atoms with Crippen LogP contribution in [0.5, 0.6) is 5.75 Å². The molecular weight excluding hydrogens is 306 g/mol. The van der Waals surface area contributed by atoms with Crippen molar-refractivity contribution in [3.8, 4) is 5.75 Å². The first kappa shape index (κ1) is 17.8. The van der Waals surface area contributed by atoms with Crippen LogP contribution in [0, 0.1) is 0 Å². The maximum absolute atomic E-state index is 12.3. The highest BCUT2D eigenvalue weighted by molar-refractivity contribution is 5.91. The molecule has 2 N–H and O–H groups in total. The number of carbonyl (C=O) groups is 2. The maximum atomic E-state index is 12.3. The third-order valence-electron chi connectivity index (χ3n) is 3.89. The Kier molecular flexibility index (Phi) is 6.66. The van der Waals surface area contributed by atoms with Crippen LogP contribution in [0.3, 0.4) is 0 Å². The van der Waals surface area contributed by atoms with Gasteiger partial charge in [0, 0.05) is 32.3 Å². The van der Waals surface area contributed by atoms with Gasteiger partial charge in [-0.1, -0.05) is 19.1 Å². The number of urea groups is 1. The first-order chi connectivity index (χ1) is 11.6. The molecule has 6 nitrogen and oxygen atoms in total. The number of hydrogen-bond acceptors (Lipinski definition) is 3. The minimum atomic E-state index is -0.426. The molecule has 0 atom stereocenters. The standard InChI is InChI=1S/C18H25N3O3/c1-2-14-24-16-7-4-15(5-8-16)6-9-17(22)20-10-3-11-21(13-12-20)18(19)23/h4-9H,2-3,10-14H2,1H3,(H2,19,23). The molecule has 0 radical (unpaired) electrons. The van der Waals surface area contributed by atoms with Gasteiger partial charge in [0.25, 0.3) is 0 Å². The summed E-state index contributed by atoms with van der Waals surface area (Å²) in [5.41, 5.74) is 6.24. The van der Waals surface area contributed by atoms with E-state index in [1.54, 1.807) is 22.0 Å². The van der Waals surface area contributed by atoms with E-state index in [0.717, 1.165) is 24.2 Å². The molecule has 1 heterocycles. The van der Waals surface area contributed by atoms with Crippen LogP contribution < -0.4 is 10.5 Å². The number of carbonyl (C=O) groups excluding carboxylic acids is 2. The first-order valence-corrected chi connectivity index (χ1v) is 8.34. The van der Waals surface area contributed by atoms with Crippen LogP contribution in [0.1, 0.15) is 25.3 Å². The zero-order chi connectivity index (χ0) is 17.4. The van der Waals surface area contributed by atoms with Crippen molar-refractivity contribution in [2.45, 2.75) is 19.8 Å². The van der Waals surface area contributed by atoms with E-state index in [1.807, 2.05) is 24.3 Å². The zero-order valence-electron chi connectivity index (χ0n) is 14.1. The van der Waals surface area contributed by atoms with Gasteiger partial charge in [0.1, 0.15) is 5.75 Å². The van der Waals surface area contributed by atoms with Gasteiger partial charge in [-0.25, -0.2) is 4.79 Å². The van der Waals surface area contributed by atoms with Crippen LogP contribution in [0.25, 0.3) is 6.08 Å². The average molecular weight is 331 g/mol. The molecule has 1 aromatic carbocycles. The summed E-state index contributed by atoms with van der Waals surface area (Å²) in [7, 11) is 0. The Bertz CT molecular complexity index is 584. The highest BCUT2D eigenvalue weighted by atomic mass is 16.5. The molecule has 0 aliphatic carbocycles. The summed E-state index contributed by atoms with van der Waals surface area (Å²) in [6.07, 6.45) is 5.08. The molecule has 6 heteroatoms. The molecule has 0 spiro atoms. The molecule has 3 amide bonds. The summed E-state index contributed by atoms with van der Waals surface area (Å²) in [5.74, 6) is 0.784. The van der Waals surface area contributed by atoms with E-state index < -0.39 is 6.03 Å². The van der Waals surface area contributed by atoms with Gasteiger partial charge < -0.3 is 20.3 Å².